The number of aliphatic hydroxyl groups is 1. The van der Waals surface area contributed by atoms with Crippen LogP contribution in [0.5, 0.6) is 0 Å². The highest BCUT2D eigenvalue weighted by Gasteiger charge is 2.36. The number of rotatable bonds is 9. The third-order valence-electron chi connectivity index (χ3n) is 5.86. The van der Waals surface area contributed by atoms with Gasteiger partial charge in [-0.2, -0.15) is 0 Å². The number of thiophene rings is 1. The Morgan fingerprint density at radius 3 is 2.12 bits per heavy atom. The topological polar surface area (TPSA) is 94.9 Å². The number of imide groups is 1. The van der Waals surface area contributed by atoms with Crippen LogP contribution in [0.1, 0.15) is 39.1 Å². The fourth-order valence-electron chi connectivity index (χ4n) is 4.01. The number of carbonyl (C=O) groups excluding carboxylic acids is 2. The van der Waals surface area contributed by atoms with Crippen molar-refractivity contribution in [2.75, 3.05) is 6.54 Å². The average molecular weight is 484 g/mol. The van der Waals surface area contributed by atoms with E-state index in [1.54, 1.807) is 24.3 Å². The molecule has 33 heavy (non-hydrogen) atoms. The van der Waals surface area contributed by atoms with E-state index in [1.165, 1.54) is 11.3 Å². The zero-order valence-corrected chi connectivity index (χ0v) is 19.2. The van der Waals surface area contributed by atoms with Crippen LogP contribution in [-0.4, -0.2) is 45.5 Å². The number of aryl methyl sites for hydroxylation is 1. The molecule has 0 saturated heterocycles. The molecule has 1 aliphatic heterocycles. The van der Waals surface area contributed by atoms with Gasteiger partial charge in [-0.05, 0) is 54.7 Å². The summed E-state index contributed by atoms with van der Waals surface area (Å²) in [7, 11) is 0. The molecule has 4 rings (SSSR count). The number of hydrogen-bond acceptors (Lipinski definition) is 5. The summed E-state index contributed by atoms with van der Waals surface area (Å²) in [6.07, 6.45) is -0.360. The van der Waals surface area contributed by atoms with Gasteiger partial charge in [-0.1, -0.05) is 48.0 Å². The molecule has 1 aromatic heterocycles. The smallest absolute Gasteiger partial charge is 0.309 e. The van der Waals surface area contributed by atoms with Crippen molar-refractivity contribution in [1.82, 2.24) is 4.90 Å². The van der Waals surface area contributed by atoms with Crippen molar-refractivity contribution in [1.29, 1.82) is 0 Å². The Morgan fingerprint density at radius 1 is 0.939 bits per heavy atom. The third-order valence-corrected chi connectivity index (χ3v) is 7.14. The molecule has 2 heterocycles. The number of fused-ring (bicyclic) bond motifs is 1. The van der Waals surface area contributed by atoms with E-state index in [-0.39, 0.29) is 19.4 Å². The van der Waals surface area contributed by atoms with E-state index >= 15 is 0 Å². The molecule has 8 heteroatoms. The van der Waals surface area contributed by atoms with Crippen molar-refractivity contribution < 1.29 is 24.6 Å². The molecule has 0 spiro atoms. The Bertz CT molecular complexity index is 1150. The van der Waals surface area contributed by atoms with Gasteiger partial charge < -0.3 is 10.2 Å². The maximum Gasteiger partial charge on any atom is 0.309 e. The predicted molar refractivity (Wildman–Crippen MR) is 127 cm³/mol. The number of carboxylic acid groups (broad SMARTS) is 1. The molecule has 2 atom stereocenters. The highest BCUT2D eigenvalue weighted by Crippen LogP contribution is 2.31. The van der Waals surface area contributed by atoms with E-state index in [9.17, 15) is 24.6 Å². The number of amides is 2. The molecule has 0 radical (unpaired) electrons. The Labute approximate surface area is 200 Å². The number of carboxylic acids is 1. The fraction of sp³-hybridized carbons (Fsp3) is 0.240. The SMILES string of the molecule is O=C(O)C(CCN1C(=O)c2ccccc2C1=O)C(O)CCc1ccc(-c2ccc(Cl)s2)cc1. The van der Waals surface area contributed by atoms with Crippen molar-refractivity contribution in [2.24, 2.45) is 5.92 Å². The Morgan fingerprint density at radius 2 is 1.58 bits per heavy atom. The van der Waals surface area contributed by atoms with Crippen LogP contribution >= 0.6 is 22.9 Å². The minimum Gasteiger partial charge on any atom is -0.481 e. The molecular weight excluding hydrogens is 462 g/mol. The minimum absolute atomic E-state index is 0.0138. The first kappa shape index (κ1) is 23.2. The molecular formula is C25H22ClNO5S. The number of aliphatic hydroxyl groups excluding tert-OH is 1. The van der Waals surface area contributed by atoms with Crippen LogP contribution in [0, 0.1) is 5.92 Å². The fourth-order valence-corrected chi connectivity index (χ4v) is 5.06. The zero-order valence-electron chi connectivity index (χ0n) is 17.6. The van der Waals surface area contributed by atoms with E-state index < -0.39 is 29.8 Å². The first-order valence-corrected chi connectivity index (χ1v) is 11.8. The largest absolute Gasteiger partial charge is 0.481 e. The van der Waals surface area contributed by atoms with Crippen molar-refractivity contribution >= 4 is 40.7 Å². The molecule has 2 amide bonds. The second kappa shape index (κ2) is 9.87. The highest BCUT2D eigenvalue weighted by atomic mass is 35.5. The van der Waals surface area contributed by atoms with Gasteiger partial charge in [0.2, 0.25) is 0 Å². The number of nitrogens with zero attached hydrogens (tertiary/aromatic N) is 1. The Hall–Kier alpha value is -3.00. The van der Waals surface area contributed by atoms with Crippen molar-refractivity contribution in [3.63, 3.8) is 0 Å². The van der Waals surface area contributed by atoms with E-state index in [0.29, 0.717) is 17.5 Å². The third kappa shape index (κ3) is 5.00. The highest BCUT2D eigenvalue weighted by molar-refractivity contribution is 7.19. The van der Waals surface area contributed by atoms with Gasteiger partial charge in [0.25, 0.3) is 11.8 Å². The molecule has 1 aliphatic rings. The van der Waals surface area contributed by atoms with E-state index in [0.717, 1.165) is 25.2 Å². The molecule has 0 saturated carbocycles. The Balaban J connectivity index is 1.34. The first-order chi connectivity index (χ1) is 15.8. The maximum atomic E-state index is 12.5. The molecule has 2 aromatic carbocycles. The van der Waals surface area contributed by atoms with Crippen LogP contribution in [0.4, 0.5) is 0 Å². The molecule has 2 unspecified atom stereocenters. The van der Waals surface area contributed by atoms with Crippen molar-refractivity contribution in [3.8, 4) is 10.4 Å². The lowest BCUT2D eigenvalue weighted by atomic mass is 9.93. The second-order valence-corrected chi connectivity index (χ2v) is 9.66. The Kier molecular flexibility index (Phi) is 6.93. The number of benzene rings is 2. The zero-order chi connectivity index (χ0) is 23.5. The molecule has 2 N–H and O–H groups in total. The molecule has 170 valence electrons. The van der Waals surface area contributed by atoms with Gasteiger partial charge in [-0.3, -0.25) is 19.3 Å². The summed E-state index contributed by atoms with van der Waals surface area (Å²) in [5, 5.41) is 20.2. The summed E-state index contributed by atoms with van der Waals surface area (Å²) in [5.74, 6) is -3.09. The van der Waals surface area contributed by atoms with Crippen LogP contribution in [0.2, 0.25) is 4.34 Å². The first-order valence-electron chi connectivity index (χ1n) is 10.6. The summed E-state index contributed by atoms with van der Waals surface area (Å²) in [5.41, 5.74) is 2.66. The van der Waals surface area contributed by atoms with Gasteiger partial charge in [-0.25, -0.2) is 0 Å². The summed E-state index contributed by atoms with van der Waals surface area (Å²) in [4.78, 5) is 38.9. The lowest BCUT2D eigenvalue weighted by Gasteiger charge is -2.22. The number of halogens is 1. The summed E-state index contributed by atoms with van der Waals surface area (Å²) >= 11 is 7.48. The van der Waals surface area contributed by atoms with Crippen LogP contribution < -0.4 is 0 Å². The quantitative estimate of drug-likeness (QED) is 0.428. The normalized spacial score (nSPS) is 14.9. The monoisotopic (exact) mass is 483 g/mol. The predicted octanol–water partition coefficient (Wildman–Crippen LogP) is 4.75. The average Bonchev–Trinajstić information content (AvgIpc) is 3.35. The van der Waals surface area contributed by atoms with Gasteiger partial charge in [0.1, 0.15) is 0 Å². The van der Waals surface area contributed by atoms with E-state index in [1.807, 2.05) is 36.4 Å². The van der Waals surface area contributed by atoms with Crippen LogP contribution in [0.3, 0.4) is 0 Å². The second-order valence-electron chi connectivity index (χ2n) is 7.95. The van der Waals surface area contributed by atoms with E-state index in [4.69, 9.17) is 11.6 Å². The van der Waals surface area contributed by atoms with Gasteiger partial charge in [-0.15, -0.1) is 11.3 Å². The summed E-state index contributed by atoms with van der Waals surface area (Å²) in [6.45, 7) is -0.0571. The molecule has 0 aliphatic carbocycles. The number of carbonyl (C=O) groups is 3. The van der Waals surface area contributed by atoms with Gasteiger partial charge in [0.05, 0.1) is 27.5 Å². The lowest BCUT2D eigenvalue weighted by Crippen LogP contribution is -2.36. The standard InChI is InChI=1S/C25H22ClNO5S/c26-22-12-11-21(33-22)16-8-5-15(6-9-16)7-10-20(28)19(25(31)32)13-14-27-23(29)17-3-1-2-4-18(17)24(27)30/h1-6,8-9,11-12,19-20,28H,7,10,13-14H2,(H,31,32). The number of aliphatic carboxylic acids is 1. The van der Waals surface area contributed by atoms with Gasteiger partial charge >= 0.3 is 5.97 Å². The summed E-state index contributed by atoms with van der Waals surface area (Å²) in [6, 6.07) is 18.2. The van der Waals surface area contributed by atoms with Crippen molar-refractivity contribution in [3.05, 3.63) is 81.7 Å². The van der Waals surface area contributed by atoms with Crippen LogP contribution in [-0.2, 0) is 11.2 Å². The molecule has 0 fully saturated rings. The molecule has 3 aromatic rings. The summed E-state index contributed by atoms with van der Waals surface area (Å²) < 4.78 is 0.720. The number of hydrogen-bond donors (Lipinski definition) is 2. The van der Waals surface area contributed by atoms with Crippen molar-refractivity contribution in [2.45, 2.75) is 25.4 Å². The molecule has 6 nitrogen and oxygen atoms in total. The van der Waals surface area contributed by atoms with Gasteiger partial charge in [0, 0.05) is 11.4 Å². The van der Waals surface area contributed by atoms with E-state index in [2.05, 4.69) is 0 Å². The maximum absolute atomic E-state index is 12.5. The minimum atomic E-state index is -1.15. The van der Waals surface area contributed by atoms with Gasteiger partial charge in [0.15, 0.2) is 0 Å². The van der Waals surface area contributed by atoms with Crippen LogP contribution in [0.15, 0.2) is 60.7 Å². The lowest BCUT2D eigenvalue weighted by molar-refractivity contribution is -0.146. The van der Waals surface area contributed by atoms with Crippen LogP contribution in [0.25, 0.3) is 10.4 Å². The molecule has 0 bridgehead atoms.